The lowest BCUT2D eigenvalue weighted by Crippen LogP contribution is -2.47. The molecule has 2 atom stereocenters. The van der Waals surface area contributed by atoms with Gasteiger partial charge in [0.05, 0.1) is 6.54 Å². The number of aromatic nitrogens is 1. The first kappa shape index (κ1) is 17.7. The molecule has 0 bridgehead atoms. The van der Waals surface area contributed by atoms with Crippen LogP contribution >= 0.6 is 11.3 Å². The van der Waals surface area contributed by atoms with Crippen LogP contribution in [-0.2, 0) is 11.3 Å². The molecular weight excluding hydrogens is 312 g/mol. The minimum absolute atomic E-state index is 0.000666. The summed E-state index contributed by atoms with van der Waals surface area (Å²) in [7, 11) is 1.77. The van der Waals surface area contributed by atoms with Crippen LogP contribution in [-0.4, -0.2) is 41.0 Å². The van der Waals surface area contributed by atoms with Crippen molar-refractivity contribution in [3.63, 3.8) is 0 Å². The largest absolute Gasteiger partial charge is 0.354 e. The van der Waals surface area contributed by atoms with Crippen LogP contribution < -0.4 is 10.6 Å². The molecule has 1 heterocycles. The second-order valence-corrected chi connectivity index (χ2v) is 7.43. The maximum absolute atomic E-state index is 12.3. The second kappa shape index (κ2) is 8.29. The average molecular weight is 338 g/mol. The fourth-order valence-corrected chi connectivity index (χ4v) is 3.52. The van der Waals surface area contributed by atoms with Gasteiger partial charge in [-0.3, -0.25) is 4.79 Å². The van der Waals surface area contributed by atoms with Crippen LogP contribution in [0.3, 0.4) is 0 Å². The Balaban J connectivity index is 1.82. The Bertz CT molecular complexity index is 518. The highest BCUT2D eigenvalue weighted by molar-refractivity contribution is 7.09. The van der Waals surface area contributed by atoms with Gasteiger partial charge < -0.3 is 15.5 Å². The van der Waals surface area contributed by atoms with Crippen molar-refractivity contribution in [1.82, 2.24) is 20.5 Å². The van der Waals surface area contributed by atoms with Crippen LogP contribution in [0.4, 0.5) is 4.79 Å². The fraction of sp³-hybridized carbons (Fsp3) is 0.688. The van der Waals surface area contributed by atoms with Crippen LogP contribution in [0.2, 0.25) is 0 Å². The average Bonchev–Trinajstić information content (AvgIpc) is 2.99. The molecular formula is C16H26N4O2S. The van der Waals surface area contributed by atoms with E-state index in [-0.39, 0.29) is 29.9 Å². The Morgan fingerprint density at radius 2 is 2.22 bits per heavy atom. The molecule has 2 rings (SSSR count). The van der Waals surface area contributed by atoms with Crippen LogP contribution in [0.25, 0.3) is 0 Å². The van der Waals surface area contributed by atoms with Crippen molar-refractivity contribution >= 4 is 23.3 Å². The predicted octanol–water partition coefficient (Wildman–Crippen LogP) is 2.37. The molecule has 1 saturated carbocycles. The molecule has 7 heteroatoms. The van der Waals surface area contributed by atoms with E-state index in [0.717, 1.165) is 30.7 Å². The summed E-state index contributed by atoms with van der Waals surface area (Å²) in [6, 6.07) is 0.120. The molecule has 0 aliphatic heterocycles. The van der Waals surface area contributed by atoms with Gasteiger partial charge in [0.2, 0.25) is 5.91 Å². The highest BCUT2D eigenvalue weighted by atomic mass is 32.1. The van der Waals surface area contributed by atoms with Crippen LogP contribution in [0.5, 0.6) is 0 Å². The first-order valence-corrected chi connectivity index (χ1v) is 9.04. The van der Waals surface area contributed by atoms with Crippen molar-refractivity contribution in [2.45, 2.75) is 58.2 Å². The summed E-state index contributed by atoms with van der Waals surface area (Å²) >= 11 is 1.54. The lowest BCUT2D eigenvalue weighted by molar-refractivity contribution is -0.126. The van der Waals surface area contributed by atoms with Gasteiger partial charge in [0.25, 0.3) is 0 Å². The summed E-state index contributed by atoms with van der Waals surface area (Å²) in [5.74, 6) is 0.107. The number of carbonyl (C=O) groups is 2. The zero-order valence-corrected chi connectivity index (χ0v) is 14.9. The van der Waals surface area contributed by atoms with Gasteiger partial charge in [-0.2, -0.15) is 0 Å². The number of hydrogen-bond donors (Lipinski definition) is 2. The van der Waals surface area contributed by atoms with Gasteiger partial charge in [-0.05, 0) is 33.1 Å². The zero-order chi connectivity index (χ0) is 16.8. The Kier molecular flexibility index (Phi) is 6.38. The van der Waals surface area contributed by atoms with Gasteiger partial charge >= 0.3 is 6.03 Å². The van der Waals surface area contributed by atoms with E-state index < -0.39 is 0 Å². The van der Waals surface area contributed by atoms with E-state index in [0.29, 0.717) is 6.54 Å². The third kappa shape index (κ3) is 5.49. The minimum atomic E-state index is -0.102. The molecule has 1 aromatic heterocycles. The molecule has 0 saturated heterocycles. The molecule has 6 nitrogen and oxygen atoms in total. The predicted molar refractivity (Wildman–Crippen MR) is 91.1 cm³/mol. The topological polar surface area (TPSA) is 74.3 Å². The summed E-state index contributed by atoms with van der Waals surface area (Å²) in [4.78, 5) is 30.3. The number of hydrogen-bond acceptors (Lipinski definition) is 4. The van der Waals surface area contributed by atoms with Crippen LogP contribution in [0, 0.1) is 5.92 Å². The molecule has 1 aromatic rings. The number of amides is 3. The summed E-state index contributed by atoms with van der Waals surface area (Å²) < 4.78 is 0. The Hall–Kier alpha value is -1.63. The number of carbonyl (C=O) groups excluding carboxylic acids is 2. The van der Waals surface area contributed by atoms with Crippen molar-refractivity contribution in [1.29, 1.82) is 0 Å². The van der Waals surface area contributed by atoms with E-state index in [1.54, 1.807) is 18.1 Å². The molecule has 23 heavy (non-hydrogen) atoms. The monoisotopic (exact) mass is 338 g/mol. The van der Waals surface area contributed by atoms with Crippen molar-refractivity contribution in [3.05, 3.63) is 16.6 Å². The number of nitrogens with one attached hydrogen (secondary N) is 2. The van der Waals surface area contributed by atoms with E-state index >= 15 is 0 Å². The normalized spacial score (nSPS) is 21.0. The van der Waals surface area contributed by atoms with Gasteiger partial charge in [0.1, 0.15) is 5.01 Å². The van der Waals surface area contributed by atoms with E-state index in [2.05, 4.69) is 15.6 Å². The summed E-state index contributed by atoms with van der Waals surface area (Å²) in [6.45, 7) is 4.44. The smallest absolute Gasteiger partial charge is 0.317 e. The van der Waals surface area contributed by atoms with Gasteiger partial charge in [-0.1, -0.05) is 6.42 Å². The summed E-state index contributed by atoms with van der Waals surface area (Å²) in [5.41, 5.74) is 0. The van der Waals surface area contributed by atoms with Crippen molar-refractivity contribution in [2.75, 3.05) is 7.05 Å². The Labute approximate surface area is 141 Å². The first-order valence-electron chi connectivity index (χ1n) is 8.16. The number of urea groups is 1. The Morgan fingerprint density at radius 1 is 1.43 bits per heavy atom. The van der Waals surface area contributed by atoms with Gasteiger partial charge in [0.15, 0.2) is 0 Å². The number of thiazole rings is 1. The highest BCUT2D eigenvalue weighted by Crippen LogP contribution is 2.25. The van der Waals surface area contributed by atoms with E-state index in [1.165, 1.54) is 11.3 Å². The third-order valence-electron chi connectivity index (χ3n) is 4.01. The molecule has 1 aliphatic rings. The summed E-state index contributed by atoms with van der Waals surface area (Å²) in [5, 5.41) is 8.84. The maximum Gasteiger partial charge on any atom is 0.317 e. The highest BCUT2D eigenvalue weighted by Gasteiger charge is 2.28. The molecule has 0 unspecified atom stereocenters. The fourth-order valence-electron chi connectivity index (χ4n) is 2.85. The first-order chi connectivity index (χ1) is 11.0. The summed E-state index contributed by atoms with van der Waals surface area (Å²) in [6.07, 6.45) is 5.26. The Morgan fingerprint density at radius 3 is 2.87 bits per heavy atom. The lowest BCUT2D eigenvalue weighted by atomic mass is 9.85. The molecule has 2 N–H and O–H groups in total. The van der Waals surface area contributed by atoms with E-state index in [9.17, 15) is 9.59 Å². The van der Waals surface area contributed by atoms with E-state index in [4.69, 9.17) is 0 Å². The molecule has 128 valence electrons. The quantitative estimate of drug-likeness (QED) is 0.865. The SMILES string of the molecule is CC(C)NC(=O)[C@@H]1CCC[C@@H](NC(=O)N(C)Cc2nccs2)C1. The number of nitrogens with zero attached hydrogens (tertiary/aromatic N) is 2. The standard InChI is InChI=1S/C16H26N4O2S/c1-11(2)18-15(21)12-5-4-6-13(9-12)19-16(22)20(3)10-14-17-7-8-23-14/h7-8,11-13H,4-6,9-10H2,1-3H3,(H,18,21)(H,19,22)/t12-,13-/m1/s1. The molecule has 3 amide bonds. The molecule has 1 fully saturated rings. The molecule has 0 radical (unpaired) electrons. The third-order valence-corrected chi connectivity index (χ3v) is 4.77. The number of rotatable bonds is 5. The van der Waals surface area contributed by atoms with Crippen molar-refractivity contribution in [2.24, 2.45) is 5.92 Å². The maximum atomic E-state index is 12.3. The van der Waals surface area contributed by atoms with Gasteiger partial charge in [-0.15, -0.1) is 11.3 Å². The molecule has 1 aliphatic carbocycles. The minimum Gasteiger partial charge on any atom is -0.354 e. The molecule has 0 aromatic carbocycles. The van der Waals surface area contributed by atoms with Crippen molar-refractivity contribution < 1.29 is 9.59 Å². The van der Waals surface area contributed by atoms with E-state index in [1.807, 2.05) is 19.2 Å². The van der Waals surface area contributed by atoms with Crippen LogP contribution in [0.1, 0.15) is 44.5 Å². The zero-order valence-electron chi connectivity index (χ0n) is 14.0. The second-order valence-electron chi connectivity index (χ2n) is 6.46. The molecule has 0 spiro atoms. The van der Waals surface area contributed by atoms with Crippen molar-refractivity contribution in [3.8, 4) is 0 Å². The van der Waals surface area contributed by atoms with Crippen LogP contribution in [0.15, 0.2) is 11.6 Å². The lowest BCUT2D eigenvalue weighted by Gasteiger charge is -2.30. The van der Waals surface area contributed by atoms with Gasteiger partial charge in [0, 0.05) is 36.6 Å². The van der Waals surface area contributed by atoms with Gasteiger partial charge in [-0.25, -0.2) is 9.78 Å².